The molecule has 15 heavy (non-hydrogen) atoms. The molecule has 0 spiro atoms. The van der Waals surface area contributed by atoms with Crippen molar-refractivity contribution in [1.82, 2.24) is 5.32 Å². The Balaban J connectivity index is 2.04. The zero-order valence-electron chi connectivity index (χ0n) is 8.46. The Kier molecular flexibility index (Phi) is 3.32. The highest BCUT2D eigenvalue weighted by atomic mass is 35.5. The Morgan fingerprint density at radius 1 is 1.53 bits per heavy atom. The van der Waals surface area contributed by atoms with E-state index in [4.69, 9.17) is 11.6 Å². The van der Waals surface area contributed by atoms with Crippen molar-refractivity contribution in [2.24, 2.45) is 0 Å². The third kappa shape index (κ3) is 2.34. The first-order chi connectivity index (χ1) is 7.26. The maximum absolute atomic E-state index is 11.9. The molecule has 1 aliphatic rings. The van der Waals surface area contributed by atoms with Gasteiger partial charge in [0.25, 0.3) is 5.91 Å². The molecular weight excluding hydrogens is 230 g/mol. The molecular formula is C11H14ClNOS. The molecule has 1 saturated carbocycles. The smallest absolute Gasteiger partial charge is 0.252 e. The van der Waals surface area contributed by atoms with Gasteiger partial charge in [0, 0.05) is 11.3 Å². The van der Waals surface area contributed by atoms with Crippen molar-refractivity contribution in [2.75, 3.05) is 5.88 Å². The molecule has 1 heterocycles. The van der Waals surface area contributed by atoms with E-state index in [1.807, 2.05) is 16.8 Å². The van der Waals surface area contributed by atoms with Gasteiger partial charge in [-0.1, -0.05) is 12.8 Å². The van der Waals surface area contributed by atoms with Crippen molar-refractivity contribution < 1.29 is 4.79 Å². The Morgan fingerprint density at radius 2 is 2.27 bits per heavy atom. The molecule has 1 aliphatic carbocycles. The first kappa shape index (κ1) is 11.0. The van der Waals surface area contributed by atoms with Crippen LogP contribution in [0.2, 0.25) is 0 Å². The SMILES string of the molecule is O=C(NC1(CCl)CCCC1)c1ccsc1. The fourth-order valence-corrected chi connectivity index (χ4v) is 3.02. The van der Waals surface area contributed by atoms with E-state index in [9.17, 15) is 4.79 Å². The van der Waals surface area contributed by atoms with Gasteiger partial charge in [0.2, 0.25) is 0 Å². The number of thiophene rings is 1. The maximum Gasteiger partial charge on any atom is 0.252 e. The average molecular weight is 244 g/mol. The topological polar surface area (TPSA) is 29.1 Å². The van der Waals surface area contributed by atoms with E-state index in [1.54, 1.807) is 0 Å². The highest BCUT2D eigenvalue weighted by Crippen LogP contribution is 2.31. The number of alkyl halides is 1. The Bertz CT molecular complexity index is 330. The second-order valence-corrected chi connectivity index (χ2v) is 5.13. The van der Waals surface area contributed by atoms with E-state index < -0.39 is 0 Å². The summed E-state index contributed by atoms with van der Waals surface area (Å²) in [5.74, 6) is 0.530. The number of nitrogens with one attached hydrogen (secondary N) is 1. The van der Waals surface area contributed by atoms with Crippen LogP contribution >= 0.6 is 22.9 Å². The molecule has 1 aromatic rings. The summed E-state index contributed by atoms with van der Waals surface area (Å²) in [4.78, 5) is 11.9. The first-order valence-corrected chi connectivity index (χ1v) is 6.64. The normalized spacial score (nSPS) is 19.0. The number of carbonyl (C=O) groups excluding carboxylic acids is 1. The number of rotatable bonds is 3. The summed E-state index contributed by atoms with van der Waals surface area (Å²) in [5.41, 5.74) is 0.594. The molecule has 4 heteroatoms. The van der Waals surface area contributed by atoms with Gasteiger partial charge >= 0.3 is 0 Å². The van der Waals surface area contributed by atoms with E-state index in [2.05, 4.69) is 5.32 Å². The molecule has 0 radical (unpaired) electrons. The van der Waals surface area contributed by atoms with E-state index in [-0.39, 0.29) is 11.4 Å². The van der Waals surface area contributed by atoms with Gasteiger partial charge in [-0.05, 0) is 24.3 Å². The minimum atomic E-state index is -0.152. The lowest BCUT2D eigenvalue weighted by atomic mass is 10.00. The minimum Gasteiger partial charge on any atom is -0.345 e. The van der Waals surface area contributed by atoms with Crippen LogP contribution < -0.4 is 5.32 Å². The van der Waals surface area contributed by atoms with Crippen molar-refractivity contribution in [3.63, 3.8) is 0 Å². The second-order valence-electron chi connectivity index (χ2n) is 4.09. The highest BCUT2D eigenvalue weighted by Gasteiger charge is 2.34. The fraction of sp³-hybridized carbons (Fsp3) is 0.545. The molecule has 0 aliphatic heterocycles. The number of halogens is 1. The summed E-state index contributed by atoms with van der Waals surface area (Å²) in [5, 5.41) is 6.86. The van der Waals surface area contributed by atoms with Crippen molar-refractivity contribution >= 4 is 28.8 Å². The molecule has 0 unspecified atom stereocenters. The van der Waals surface area contributed by atoms with E-state index in [0.717, 1.165) is 31.2 Å². The summed E-state index contributed by atoms with van der Waals surface area (Å²) in [6.07, 6.45) is 4.34. The molecule has 1 N–H and O–H groups in total. The Hall–Kier alpha value is -0.540. The maximum atomic E-state index is 11.9. The quantitative estimate of drug-likeness (QED) is 0.813. The van der Waals surface area contributed by atoms with Gasteiger partial charge in [-0.15, -0.1) is 11.6 Å². The van der Waals surface area contributed by atoms with E-state index in [0.29, 0.717) is 5.88 Å². The van der Waals surface area contributed by atoms with Crippen LogP contribution in [0.3, 0.4) is 0 Å². The first-order valence-electron chi connectivity index (χ1n) is 5.16. The van der Waals surface area contributed by atoms with Crippen LogP contribution in [0.25, 0.3) is 0 Å². The van der Waals surface area contributed by atoms with Gasteiger partial charge in [-0.2, -0.15) is 11.3 Å². The Labute approximate surface area is 98.6 Å². The number of hydrogen-bond donors (Lipinski definition) is 1. The zero-order chi connectivity index (χ0) is 10.7. The monoisotopic (exact) mass is 243 g/mol. The van der Waals surface area contributed by atoms with Crippen molar-refractivity contribution in [2.45, 2.75) is 31.2 Å². The predicted octanol–water partition coefficient (Wildman–Crippen LogP) is 3.03. The summed E-state index contributed by atoms with van der Waals surface area (Å²) >= 11 is 7.50. The molecule has 2 nitrogen and oxygen atoms in total. The Morgan fingerprint density at radius 3 is 2.80 bits per heavy atom. The van der Waals surface area contributed by atoms with Crippen LogP contribution in [-0.4, -0.2) is 17.3 Å². The van der Waals surface area contributed by atoms with Crippen LogP contribution in [0.5, 0.6) is 0 Å². The number of hydrogen-bond acceptors (Lipinski definition) is 2. The van der Waals surface area contributed by atoms with Crippen LogP contribution in [0.4, 0.5) is 0 Å². The van der Waals surface area contributed by atoms with Gasteiger partial charge in [-0.3, -0.25) is 4.79 Å². The van der Waals surface area contributed by atoms with Crippen LogP contribution in [0.15, 0.2) is 16.8 Å². The van der Waals surface area contributed by atoms with Gasteiger partial charge in [0.05, 0.1) is 11.1 Å². The molecule has 82 valence electrons. The number of carbonyl (C=O) groups is 1. The fourth-order valence-electron chi connectivity index (χ4n) is 2.05. The molecule has 1 aromatic heterocycles. The van der Waals surface area contributed by atoms with Crippen molar-refractivity contribution in [3.05, 3.63) is 22.4 Å². The summed E-state index contributed by atoms with van der Waals surface area (Å²) in [7, 11) is 0. The third-order valence-electron chi connectivity index (χ3n) is 2.98. The lowest BCUT2D eigenvalue weighted by Gasteiger charge is -2.27. The molecule has 0 bridgehead atoms. The molecule has 1 fully saturated rings. The van der Waals surface area contributed by atoms with E-state index in [1.165, 1.54) is 11.3 Å². The summed E-state index contributed by atoms with van der Waals surface area (Å²) in [6.45, 7) is 0. The van der Waals surface area contributed by atoms with Gasteiger partial charge in [0.1, 0.15) is 0 Å². The van der Waals surface area contributed by atoms with Gasteiger partial charge in [-0.25, -0.2) is 0 Å². The molecule has 0 saturated heterocycles. The molecule has 1 amide bonds. The lowest BCUT2D eigenvalue weighted by molar-refractivity contribution is 0.0910. The largest absolute Gasteiger partial charge is 0.345 e. The summed E-state index contributed by atoms with van der Waals surface area (Å²) in [6, 6.07) is 1.84. The predicted molar refractivity (Wildman–Crippen MR) is 63.7 cm³/mol. The molecule has 0 atom stereocenters. The summed E-state index contributed by atoms with van der Waals surface area (Å²) < 4.78 is 0. The molecule has 2 rings (SSSR count). The average Bonchev–Trinajstić information content (AvgIpc) is 2.88. The lowest BCUT2D eigenvalue weighted by Crippen LogP contribution is -2.47. The van der Waals surface area contributed by atoms with Crippen LogP contribution in [-0.2, 0) is 0 Å². The minimum absolute atomic E-state index is 0.0128. The molecule has 0 aromatic carbocycles. The van der Waals surface area contributed by atoms with Crippen LogP contribution in [0.1, 0.15) is 36.0 Å². The van der Waals surface area contributed by atoms with E-state index >= 15 is 0 Å². The zero-order valence-corrected chi connectivity index (χ0v) is 10.0. The van der Waals surface area contributed by atoms with Crippen LogP contribution in [0, 0.1) is 0 Å². The van der Waals surface area contributed by atoms with Gasteiger partial charge < -0.3 is 5.32 Å². The van der Waals surface area contributed by atoms with Crippen molar-refractivity contribution in [1.29, 1.82) is 0 Å². The second kappa shape index (κ2) is 4.54. The van der Waals surface area contributed by atoms with Gasteiger partial charge in [0.15, 0.2) is 0 Å². The van der Waals surface area contributed by atoms with Crippen molar-refractivity contribution in [3.8, 4) is 0 Å². The number of amides is 1. The third-order valence-corrected chi connectivity index (χ3v) is 4.17. The standard InChI is InChI=1S/C11H14ClNOS/c12-8-11(4-1-2-5-11)13-10(14)9-3-6-15-7-9/h3,6-7H,1-2,4-5,8H2,(H,13,14). The highest BCUT2D eigenvalue weighted by molar-refractivity contribution is 7.08.